The Morgan fingerprint density at radius 2 is 1.85 bits per heavy atom. The maximum atomic E-state index is 12.6. The van der Waals surface area contributed by atoms with Crippen molar-refractivity contribution in [2.24, 2.45) is 0 Å². The van der Waals surface area contributed by atoms with Crippen LogP contribution < -0.4 is 10.0 Å². The molecule has 1 saturated carbocycles. The van der Waals surface area contributed by atoms with E-state index in [2.05, 4.69) is 21.9 Å². The molecule has 0 radical (unpaired) electrons. The third-order valence-electron chi connectivity index (χ3n) is 5.66. The molecule has 0 aromatic heterocycles. The van der Waals surface area contributed by atoms with Crippen LogP contribution in [-0.2, 0) is 10.0 Å². The molecule has 2 fully saturated rings. The van der Waals surface area contributed by atoms with E-state index in [1.165, 1.54) is 25.3 Å². The molecule has 1 amide bonds. The van der Waals surface area contributed by atoms with E-state index < -0.39 is 10.0 Å². The summed E-state index contributed by atoms with van der Waals surface area (Å²) in [5.41, 5.74) is 0.384. The Balaban J connectivity index is 1.59. The van der Waals surface area contributed by atoms with Gasteiger partial charge < -0.3 is 5.32 Å². The SMILES string of the molecule is CC(CNC(=O)c1cccc(S(=O)(=O)NC2CCCC2)c1)N1CCCCC1. The highest BCUT2D eigenvalue weighted by Crippen LogP contribution is 2.21. The summed E-state index contributed by atoms with van der Waals surface area (Å²) in [6.45, 7) is 4.85. The number of piperidine rings is 1. The summed E-state index contributed by atoms with van der Waals surface area (Å²) in [7, 11) is -3.59. The van der Waals surface area contributed by atoms with Crippen LogP contribution in [0.15, 0.2) is 29.2 Å². The number of likely N-dealkylation sites (tertiary alicyclic amines) is 1. The minimum atomic E-state index is -3.59. The first-order chi connectivity index (χ1) is 13.0. The number of rotatable bonds is 7. The fourth-order valence-corrected chi connectivity index (χ4v) is 5.32. The highest BCUT2D eigenvalue weighted by Gasteiger charge is 2.24. The van der Waals surface area contributed by atoms with E-state index in [0.29, 0.717) is 12.1 Å². The van der Waals surface area contributed by atoms with E-state index in [9.17, 15) is 13.2 Å². The molecule has 1 unspecified atom stereocenters. The highest BCUT2D eigenvalue weighted by atomic mass is 32.2. The first-order valence-corrected chi connectivity index (χ1v) is 11.6. The number of nitrogens with zero attached hydrogens (tertiary/aromatic N) is 1. The Morgan fingerprint density at radius 1 is 1.15 bits per heavy atom. The molecular formula is C20H31N3O3S. The molecule has 0 bridgehead atoms. The average Bonchev–Trinajstić information content (AvgIpc) is 3.19. The maximum absolute atomic E-state index is 12.6. The third kappa shape index (κ3) is 5.53. The molecule has 3 rings (SSSR count). The molecule has 1 aliphatic heterocycles. The molecule has 0 spiro atoms. The van der Waals surface area contributed by atoms with Gasteiger partial charge in [0.1, 0.15) is 0 Å². The number of carbonyl (C=O) groups is 1. The van der Waals surface area contributed by atoms with Crippen LogP contribution in [0.2, 0.25) is 0 Å². The number of hydrogen-bond acceptors (Lipinski definition) is 4. The largest absolute Gasteiger partial charge is 0.350 e. The summed E-state index contributed by atoms with van der Waals surface area (Å²) in [6, 6.07) is 6.60. The second-order valence-electron chi connectivity index (χ2n) is 7.79. The molecule has 1 aromatic carbocycles. The zero-order chi connectivity index (χ0) is 19.3. The van der Waals surface area contributed by atoms with Gasteiger partial charge in [0.25, 0.3) is 5.91 Å². The van der Waals surface area contributed by atoms with Crippen molar-refractivity contribution in [3.8, 4) is 0 Å². The molecule has 1 heterocycles. The summed E-state index contributed by atoms with van der Waals surface area (Å²) in [6.07, 6.45) is 7.60. The zero-order valence-electron chi connectivity index (χ0n) is 16.1. The third-order valence-corrected chi connectivity index (χ3v) is 7.17. The van der Waals surface area contributed by atoms with Crippen LogP contribution in [0, 0.1) is 0 Å². The monoisotopic (exact) mass is 393 g/mol. The lowest BCUT2D eigenvalue weighted by Gasteiger charge is -2.32. The molecule has 1 atom stereocenters. The normalized spacial score (nSPS) is 20.5. The molecule has 1 saturated heterocycles. The van der Waals surface area contributed by atoms with Crippen molar-refractivity contribution in [1.29, 1.82) is 0 Å². The van der Waals surface area contributed by atoms with E-state index >= 15 is 0 Å². The van der Waals surface area contributed by atoms with Crippen molar-refractivity contribution in [2.75, 3.05) is 19.6 Å². The second-order valence-corrected chi connectivity index (χ2v) is 9.50. The summed E-state index contributed by atoms with van der Waals surface area (Å²) in [5.74, 6) is -0.225. The predicted octanol–water partition coefficient (Wildman–Crippen LogP) is 2.51. The number of nitrogens with one attached hydrogen (secondary N) is 2. The topological polar surface area (TPSA) is 78.5 Å². The van der Waals surface area contributed by atoms with Gasteiger partial charge in [-0.05, 0) is 63.9 Å². The number of sulfonamides is 1. The van der Waals surface area contributed by atoms with Crippen LogP contribution in [0.1, 0.15) is 62.2 Å². The summed E-state index contributed by atoms with van der Waals surface area (Å²) < 4.78 is 27.9. The first kappa shape index (κ1) is 20.3. The van der Waals surface area contributed by atoms with Gasteiger partial charge in [0.15, 0.2) is 0 Å². The number of amides is 1. The number of benzene rings is 1. The smallest absolute Gasteiger partial charge is 0.251 e. The van der Waals surface area contributed by atoms with Crippen molar-refractivity contribution in [2.45, 2.75) is 68.8 Å². The standard InChI is InChI=1S/C20H31N3O3S/c1-16(23-12-5-2-6-13-23)15-21-20(24)17-8-7-11-19(14-17)27(25,26)22-18-9-3-4-10-18/h7-8,11,14,16,18,22H,2-6,9-10,12-13,15H2,1H3,(H,21,24). The Hall–Kier alpha value is -1.44. The molecule has 150 valence electrons. The minimum Gasteiger partial charge on any atom is -0.350 e. The van der Waals surface area contributed by atoms with Gasteiger partial charge in [-0.15, -0.1) is 0 Å². The van der Waals surface area contributed by atoms with E-state index in [1.807, 2.05) is 0 Å². The van der Waals surface area contributed by atoms with Crippen molar-refractivity contribution in [3.05, 3.63) is 29.8 Å². The van der Waals surface area contributed by atoms with Crippen LogP contribution in [0.25, 0.3) is 0 Å². The number of carbonyl (C=O) groups excluding carboxylic acids is 1. The van der Waals surface area contributed by atoms with Crippen molar-refractivity contribution in [1.82, 2.24) is 14.9 Å². The van der Waals surface area contributed by atoms with Gasteiger partial charge in [-0.3, -0.25) is 9.69 Å². The molecule has 7 heteroatoms. The molecular weight excluding hydrogens is 362 g/mol. The van der Waals surface area contributed by atoms with Gasteiger partial charge in [-0.25, -0.2) is 13.1 Å². The van der Waals surface area contributed by atoms with Crippen LogP contribution in [0.5, 0.6) is 0 Å². The van der Waals surface area contributed by atoms with Gasteiger partial charge in [0.05, 0.1) is 4.90 Å². The predicted molar refractivity (Wildman–Crippen MR) is 106 cm³/mol. The average molecular weight is 394 g/mol. The lowest BCUT2D eigenvalue weighted by atomic mass is 10.1. The molecule has 6 nitrogen and oxygen atoms in total. The Morgan fingerprint density at radius 3 is 2.56 bits per heavy atom. The van der Waals surface area contributed by atoms with Crippen molar-refractivity contribution >= 4 is 15.9 Å². The Kier molecular flexibility index (Phi) is 6.89. The highest BCUT2D eigenvalue weighted by molar-refractivity contribution is 7.89. The molecule has 2 N–H and O–H groups in total. The number of hydrogen-bond donors (Lipinski definition) is 2. The van der Waals surface area contributed by atoms with Crippen LogP contribution in [-0.4, -0.2) is 50.9 Å². The van der Waals surface area contributed by atoms with Crippen molar-refractivity contribution in [3.63, 3.8) is 0 Å². The molecule has 27 heavy (non-hydrogen) atoms. The van der Waals surface area contributed by atoms with Crippen LogP contribution in [0.4, 0.5) is 0 Å². The lowest BCUT2D eigenvalue weighted by Crippen LogP contribution is -2.44. The second kappa shape index (κ2) is 9.17. The van der Waals surface area contributed by atoms with Gasteiger partial charge in [0.2, 0.25) is 10.0 Å². The summed E-state index contributed by atoms with van der Waals surface area (Å²) >= 11 is 0. The van der Waals surface area contributed by atoms with Gasteiger partial charge in [0, 0.05) is 24.2 Å². The zero-order valence-corrected chi connectivity index (χ0v) is 16.9. The van der Waals surface area contributed by atoms with Crippen LogP contribution in [0.3, 0.4) is 0 Å². The molecule has 1 aliphatic carbocycles. The van der Waals surface area contributed by atoms with Crippen LogP contribution >= 0.6 is 0 Å². The first-order valence-electron chi connectivity index (χ1n) is 10.1. The summed E-state index contributed by atoms with van der Waals surface area (Å²) in [5, 5.41) is 2.95. The van der Waals surface area contributed by atoms with Gasteiger partial charge in [-0.1, -0.05) is 25.3 Å². The molecule has 1 aromatic rings. The Labute approximate surface area is 162 Å². The van der Waals surface area contributed by atoms with E-state index in [4.69, 9.17) is 0 Å². The van der Waals surface area contributed by atoms with Gasteiger partial charge >= 0.3 is 0 Å². The van der Waals surface area contributed by atoms with E-state index in [1.54, 1.807) is 18.2 Å². The minimum absolute atomic E-state index is 0.0119. The molecule has 2 aliphatic rings. The maximum Gasteiger partial charge on any atom is 0.251 e. The quantitative estimate of drug-likeness (QED) is 0.746. The summed E-state index contributed by atoms with van der Waals surface area (Å²) in [4.78, 5) is 15.1. The fraction of sp³-hybridized carbons (Fsp3) is 0.650. The van der Waals surface area contributed by atoms with E-state index in [0.717, 1.165) is 38.8 Å². The van der Waals surface area contributed by atoms with Crippen molar-refractivity contribution < 1.29 is 13.2 Å². The fourth-order valence-electron chi connectivity index (χ4n) is 3.97. The Bertz CT molecular complexity index is 739. The lowest BCUT2D eigenvalue weighted by molar-refractivity contribution is 0.0930. The van der Waals surface area contributed by atoms with Gasteiger partial charge in [-0.2, -0.15) is 0 Å². The van der Waals surface area contributed by atoms with E-state index in [-0.39, 0.29) is 22.9 Å².